The van der Waals surface area contributed by atoms with Gasteiger partial charge in [-0.1, -0.05) is 62.4 Å². The average molecular weight is 431 g/mol. The normalized spacial score (nSPS) is 32.7. The molecule has 2 heteroatoms. The molecule has 0 radical (unpaired) electrons. The molecule has 0 saturated heterocycles. The summed E-state index contributed by atoms with van der Waals surface area (Å²) in [5, 5.41) is 0.314. The van der Waals surface area contributed by atoms with E-state index in [9.17, 15) is 4.39 Å². The molecule has 1 aromatic rings. The van der Waals surface area contributed by atoms with E-state index in [0.29, 0.717) is 10.6 Å². The Morgan fingerprint density at radius 1 is 0.867 bits per heavy atom. The number of hydrogen-bond acceptors (Lipinski definition) is 0. The number of hydrogen-bond donors (Lipinski definition) is 0. The molecule has 3 aliphatic rings. The first-order valence-corrected chi connectivity index (χ1v) is 13.1. The van der Waals surface area contributed by atoms with Crippen LogP contribution in [0.5, 0.6) is 0 Å². The van der Waals surface area contributed by atoms with Gasteiger partial charge >= 0.3 is 0 Å². The van der Waals surface area contributed by atoms with Crippen LogP contribution in [0.2, 0.25) is 5.02 Å². The quantitative estimate of drug-likeness (QED) is 0.436. The van der Waals surface area contributed by atoms with E-state index in [-0.39, 0.29) is 5.82 Å². The third kappa shape index (κ3) is 4.98. The Bertz CT molecular complexity index is 735. The molecule has 0 heterocycles. The standard InChI is InChI=1S/C28H40ClF/c1-3-4-20-6-8-21(9-7-20)22-10-12-23(13-11-22)24-14-16-25(17-15-24)26-18-5-19(2)28(30)27(26)29/h5,16,18,20-24H,3-4,6-15,17H2,1-2H3. The lowest BCUT2D eigenvalue weighted by Gasteiger charge is -2.40. The second-order valence-electron chi connectivity index (χ2n) is 10.6. The lowest BCUT2D eigenvalue weighted by atomic mass is 9.65. The van der Waals surface area contributed by atoms with Crippen LogP contribution < -0.4 is 0 Å². The number of aryl methyl sites for hydroxylation is 1. The Labute approximate surface area is 188 Å². The number of allylic oxidation sites excluding steroid dienone is 2. The van der Waals surface area contributed by atoms with Crippen molar-refractivity contribution in [1.82, 2.24) is 0 Å². The summed E-state index contributed by atoms with van der Waals surface area (Å²) in [7, 11) is 0. The lowest BCUT2D eigenvalue weighted by molar-refractivity contribution is 0.121. The highest BCUT2D eigenvalue weighted by molar-refractivity contribution is 6.32. The van der Waals surface area contributed by atoms with E-state index in [4.69, 9.17) is 11.6 Å². The van der Waals surface area contributed by atoms with Crippen molar-refractivity contribution in [3.05, 3.63) is 40.2 Å². The summed E-state index contributed by atoms with van der Waals surface area (Å²) in [6, 6.07) is 3.87. The van der Waals surface area contributed by atoms with E-state index >= 15 is 0 Å². The zero-order chi connectivity index (χ0) is 21.1. The summed E-state index contributed by atoms with van der Waals surface area (Å²) in [6.07, 6.45) is 20.4. The van der Waals surface area contributed by atoms with Crippen LogP contribution in [0, 0.1) is 42.3 Å². The topological polar surface area (TPSA) is 0 Å². The zero-order valence-corrected chi connectivity index (χ0v) is 19.8. The van der Waals surface area contributed by atoms with E-state index in [1.54, 1.807) is 6.92 Å². The summed E-state index contributed by atoms with van der Waals surface area (Å²) in [5.74, 6) is 4.54. The third-order valence-electron chi connectivity index (χ3n) is 8.81. The average Bonchev–Trinajstić information content (AvgIpc) is 2.79. The van der Waals surface area contributed by atoms with Crippen LogP contribution in [-0.4, -0.2) is 0 Å². The molecule has 2 fully saturated rings. The fourth-order valence-electron chi connectivity index (χ4n) is 6.87. The molecule has 1 aromatic carbocycles. The maximum atomic E-state index is 14.2. The van der Waals surface area contributed by atoms with E-state index in [1.165, 1.54) is 76.2 Å². The predicted molar refractivity (Wildman–Crippen MR) is 127 cm³/mol. The SMILES string of the molecule is CCCC1CCC(C2CCC(C3CC=C(c4ccc(C)c(F)c4Cl)CC3)CC2)CC1. The van der Waals surface area contributed by atoms with Crippen molar-refractivity contribution in [2.75, 3.05) is 0 Å². The maximum Gasteiger partial charge on any atom is 0.145 e. The van der Waals surface area contributed by atoms with Gasteiger partial charge in [-0.15, -0.1) is 0 Å². The smallest absolute Gasteiger partial charge is 0.145 e. The van der Waals surface area contributed by atoms with E-state index in [0.717, 1.165) is 48.0 Å². The van der Waals surface area contributed by atoms with Gasteiger partial charge in [-0.25, -0.2) is 4.39 Å². The summed E-state index contributed by atoms with van der Waals surface area (Å²) in [4.78, 5) is 0. The molecule has 30 heavy (non-hydrogen) atoms. The van der Waals surface area contributed by atoms with Crippen molar-refractivity contribution in [1.29, 1.82) is 0 Å². The van der Waals surface area contributed by atoms with Crippen molar-refractivity contribution >= 4 is 17.2 Å². The van der Waals surface area contributed by atoms with Crippen LogP contribution in [0.4, 0.5) is 4.39 Å². The minimum Gasteiger partial charge on any atom is -0.205 e. The van der Waals surface area contributed by atoms with Gasteiger partial charge in [0.2, 0.25) is 0 Å². The largest absolute Gasteiger partial charge is 0.205 e. The molecule has 1 atom stereocenters. The molecule has 0 N–H and O–H groups in total. The first-order chi connectivity index (χ1) is 14.6. The Morgan fingerprint density at radius 2 is 1.47 bits per heavy atom. The van der Waals surface area contributed by atoms with Gasteiger partial charge in [0.15, 0.2) is 0 Å². The predicted octanol–water partition coefficient (Wildman–Crippen LogP) is 9.38. The van der Waals surface area contributed by atoms with Gasteiger partial charge in [0, 0.05) is 0 Å². The first-order valence-electron chi connectivity index (χ1n) is 12.7. The fraction of sp³-hybridized carbons (Fsp3) is 0.714. The van der Waals surface area contributed by atoms with Gasteiger partial charge in [-0.05, 0) is 111 Å². The molecule has 1 unspecified atom stereocenters. The molecule has 0 aromatic heterocycles. The van der Waals surface area contributed by atoms with Crippen molar-refractivity contribution in [3.8, 4) is 0 Å². The fourth-order valence-corrected chi connectivity index (χ4v) is 7.20. The van der Waals surface area contributed by atoms with Crippen LogP contribution in [0.15, 0.2) is 18.2 Å². The highest BCUT2D eigenvalue weighted by Crippen LogP contribution is 2.46. The maximum absolute atomic E-state index is 14.2. The molecule has 0 amide bonds. The van der Waals surface area contributed by atoms with Gasteiger partial charge < -0.3 is 0 Å². The van der Waals surface area contributed by atoms with Crippen molar-refractivity contribution in [3.63, 3.8) is 0 Å². The number of halogens is 2. The minimum atomic E-state index is -0.251. The van der Waals surface area contributed by atoms with E-state index < -0.39 is 0 Å². The van der Waals surface area contributed by atoms with Crippen LogP contribution in [0.1, 0.15) is 102 Å². The Balaban J connectivity index is 1.27. The monoisotopic (exact) mass is 430 g/mol. The molecule has 0 bridgehead atoms. The van der Waals surface area contributed by atoms with Gasteiger partial charge in [0.1, 0.15) is 5.82 Å². The summed E-state index contributed by atoms with van der Waals surface area (Å²) in [6.45, 7) is 4.12. The second-order valence-corrected chi connectivity index (χ2v) is 10.9. The van der Waals surface area contributed by atoms with E-state index in [2.05, 4.69) is 13.0 Å². The Kier molecular flexibility index (Phi) is 7.61. The number of rotatable bonds is 5. The van der Waals surface area contributed by atoms with Gasteiger partial charge in [-0.2, -0.15) is 0 Å². The van der Waals surface area contributed by atoms with Crippen molar-refractivity contribution < 1.29 is 4.39 Å². The van der Waals surface area contributed by atoms with Crippen molar-refractivity contribution in [2.45, 2.75) is 97.3 Å². The van der Waals surface area contributed by atoms with E-state index in [1.807, 2.05) is 12.1 Å². The van der Waals surface area contributed by atoms with Crippen LogP contribution in [-0.2, 0) is 0 Å². The molecular formula is C28H40ClF. The zero-order valence-electron chi connectivity index (χ0n) is 19.1. The molecular weight excluding hydrogens is 391 g/mol. The molecule has 0 nitrogen and oxygen atoms in total. The highest BCUT2D eigenvalue weighted by Gasteiger charge is 2.33. The molecule has 2 saturated carbocycles. The highest BCUT2D eigenvalue weighted by atomic mass is 35.5. The number of benzene rings is 1. The first kappa shape index (κ1) is 22.4. The molecule has 0 aliphatic heterocycles. The van der Waals surface area contributed by atoms with Gasteiger partial charge in [0.05, 0.1) is 5.02 Å². The Hall–Kier alpha value is -0.820. The van der Waals surface area contributed by atoms with Gasteiger partial charge in [0.25, 0.3) is 0 Å². The summed E-state index contributed by atoms with van der Waals surface area (Å²) in [5.41, 5.74) is 2.81. The molecule has 3 aliphatic carbocycles. The van der Waals surface area contributed by atoms with Crippen LogP contribution in [0.25, 0.3) is 5.57 Å². The van der Waals surface area contributed by atoms with Crippen LogP contribution >= 0.6 is 11.6 Å². The second kappa shape index (κ2) is 10.2. The molecule has 4 rings (SSSR count). The Morgan fingerprint density at radius 3 is 2.03 bits per heavy atom. The van der Waals surface area contributed by atoms with Crippen molar-refractivity contribution in [2.24, 2.45) is 29.6 Å². The third-order valence-corrected chi connectivity index (χ3v) is 9.18. The summed E-state index contributed by atoms with van der Waals surface area (Å²) < 4.78 is 14.2. The molecule has 166 valence electrons. The lowest BCUT2D eigenvalue weighted by Crippen LogP contribution is -2.28. The summed E-state index contributed by atoms with van der Waals surface area (Å²) >= 11 is 6.32. The molecule has 0 spiro atoms. The van der Waals surface area contributed by atoms with Gasteiger partial charge in [-0.3, -0.25) is 0 Å². The minimum absolute atomic E-state index is 0.251. The van der Waals surface area contributed by atoms with Crippen LogP contribution in [0.3, 0.4) is 0 Å².